The van der Waals surface area contributed by atoms with Gasteiger partial charge < -0.3 is 10.2 Å². The normalized spacial score (nSPS) is 19.0. The predicted octanol–water partition coefficient (Wildman–Crippen LogP) is 4.29. The Morgan fingerprint density at radius 3 is 2.62 bits per heavy atom. The van der Waals surface area contributed by atoms with Crippen molar-refractivity contribution in [1.82, 2.24) is 20.0 Å². The number of piperidine rings is 1. The summed E-state index contributed by atoms with van der Waals surface area (Å²) >= 11 is 1.53. The van der Waals surface area contributed by atoms with Crippen LogP contribution in [0.1, 0.15) is 79.7 Å². The lowest BCUT2D eigenvalue weighted by molar-refractivity contribution is -0.132. The van der Waals surface area contributed by atoms with Crippen LogP contribution in [0.3, 0.4) is 0 Å². The van der Waals surface area contributed by atoms with Crippen LogP contribution in [0.15, 0.2) is 6.07 Å². The van der Waals surface area contributed by atoms with E-state index in [1.54, 1.807) is 0 Å². The Hall–Kier alpha value is -1.89. The van der Waals surface area contributed by atoms with Crippen LogP contribution >= 0.6 is 11.3 Å². The topological polar surface area (TPSA) is 67.2 Å². The van der Waals surface area contributed by atoms with E-state index in [1.807, 2.05) is 17.9 Å². The van der Waals surface area contributed by atoms with Crippen LogP contribution in [0.4, 0.5) is 0 Å². The number of likely N-dealkylation sites (tertiary alicyclic amines) is 1. The highest BCUT2D eigenvalue weighted by atomic mass is 32.1. The second-order valence-corrected chi connectivity index (χ2v) is 9.75. The quantitative estimate of drug-likeness (QED) is 0.791. The molecule has 0 unspecified atom stereocenters. The summed E-state index contributed by atoms with van der Waals surface area (Å²) in [6, 6.07) is 2.42. The summed E-state index contributed by atoms with van der Waals surface area (Å²) in [5.41, 5.74) is 0.996. The van der Waals surface area contributed by atoms with Gasteiger partial charge in [-0.15, -0.1) is 11.3 Å². The number of thiophene rings is 1. The fraction of sp³-hybridized carbons (Fsp3) is 0.682. The Bertz CT molecular complexity index is 873. The predicted molar refractivity (Wildman–Crippen MR) is 116 cm³/mol. The number of nitrogens with one attached hydrogen (secondary N) is 1. The summed E-state index contributed by atoms with van der Waals surface area (Å²) in [5, 5.41) is 8.79. The van der Waals surface area contributed by atoms with Crippen LogP contribution in [-0.4, -0.2) is 46.1 Å². The minimum Gasteiger partial charge on any atom is -0.351 e. The molecule has 6 nitrogen and oxygen atoms in total. The number of aryl methyl sites for hydroxylation is 1. The SMILES string of the molecule is Cc1nn(C2CCCCC2)c2sc(C(=O)NCCC(=O)N3CCC(C)CC3)cc12. The molecule has 1 aliphatic heterocycles. The number of nitrogens with zero attached hydrogens (tertiary/aromatic N) is 3. The molecule has 2 amide bonds. The number of fused-ring (bicyclic) bond motifs is 1. The molecular weight excluding hydrogens is 384 g/mol. The maximum absolute atomic E-state index is 12.7. The van der Waals surface area contributed by atoms with E-state index in [9.17, 15) is 9.59 Å². The van der Waals surface area contributed by atoms with Crippen molar-refractivity contribution in [3.05, 3.63) is 16.6 Å². The van der Waals surface area contributed by atoms with Gasteiger partial charge in [-0.05, 0) is 44.6 Å². The van der Waals surface area contributed by atoms with Gasteiger partial charge in [0.25, 0.3) is 5.91 Å². The summed E-state index contributed by atoms with van der Waals surface area (Å²) in [4.78, 5) is 28.8. The van der Waals surface area contributed by atoms with E-state index in [-0.39, 0.29) is 11.8 Å². The molecule has 0 atom stereocenters. The molecule has 0 radical (unpaired) electrons. The van der Waals surface area contributed by atoms with Crippen molar-refractivity contribution in [2.75, 3.05) is 19.6 Å². The number of carbonyl (C=O) groups is 2. The van der Waals surface area contributed by atoms with Crippen LogP contribution in [-0.2, 0) is 4.79 Å². The molecule has 2 aromatic rings. The van der Waals surface area contributed by atoms with Gasteiger partial charge in [-0.1, -0.05) is 26.2 Å². The number of rotatable bonds is 5. The standard InChI is InChI=1S/C22H32N4O2S/c1-15-9-12-25(13-10-15)20(27)8-11-23-21(28)19-14-18-16(2)24-26(22(18)29-19)17-6-4-3-5-7-17/h14-15,17H,3-13H2,1-2H3,(H,23,28). The van der Waals surface area contributed by atoms with Crippen molar-refractivity contribution >= 4 is 33.4 Å². The Morgan fingerprint density at radius 1 is 1.17 bits per heavy atom. The van der Waals surface area contributed by atoms with E-state index in [0.717, 1.165) is 41.8 Å². The van der Waals surface area contributed by atoms with Crippen molar-refractivity contribution < 1.29 is 9.59 Å². The molecule has 158 valence electrons. The molecule has 2 fully saturated rings. The molecule has 2 aromatic heterocycles. The van der Waals surface area contributed by atoms with E-state index in [1.165, 1.54) is 43.4 Å². The molecule has 4 rings (SSSR count). The average Bonchev–Trinajstić information content (AvgIpc) is 3.30. The highest BCUT2D eigenvalue weighted by Gasteiger charge is 2.23. The third kappa shape index (κ3) is 4.49. The third-order valence-electron chi connectivity index (χ3n) is 6.47. The number of hydrogen-bond donors (Lipinski definition) is 1. The lowest BCUT2D eigenvalue weighted by Crippen LogP contribution is -2.39. The minimum absolute atomic E-state index is 0.0825. The van der Waals surface area contributed by atoms with Crippen molar-refractivity contribution in [2.45, 2.75) is 71.3 Å². The molecule has 1 saturated heterocycles. The Kier molecular flexibility index (Phi) is 6.23. The zero-order chi connectivity index (χ0) is 20.4. The highest BCUT2D eigenvalue weighted by Crippen LogP contribution is 2.35. The first-order valence-corrected chi connectivity index (χ1v) is 11.9. The molecule has 1 N–H and O–H groups in total. The molecule has 7 heteroatoms. The largest absolute Gasteiger partial charge is 0.351 e. The van der Waals surface area contributed by atoms with E-state index >= 15 is 0 Å². The van der Waals surface area contributed by atoms with Gasteiger partial charge >= 0.3 is 0 Å². The van der Waals surface area contributed by atoms with Gasteiger partial charge in [-0.2, -0.15) is 5.10 Å². The number of hydrogen-bond acceptors (Lipinski definition) is 4. The lowest BCUT2D eigenvalue weighted by Gasteiger charge is -2.30. The zero-order valence-electron chi connectivity index (χ0n) is 17.6. The van der Waals surface area contributed by atoms with Crippen LogP contribution in [0.2, 0.25) is 0 Å². The first-order chi connectivity index (χ1) is 14.0. The van der Waals surface area contributed by atoms with Gasteiger partial charge in [0.05, 0.1) is 16.6 Å². The van der Waals surface area contributed by atoms with Crippen LogP contribution in [0.5, 0.6) is 0 Å². The summed E-state index contributed by atoms with van der Waals surface area (Å²) in [6.07, 6.45) is 8.71. The van der Waals surface area contributed by atoms with Crippen LogP contribution < -0.4 is 5.32 Å². The fourth-order valence-corrected chi connectivity index (χ4v) is 5.69. The van der Waals surface area contributed by atoms with Gasteiger partial charge in [0.15, 0.2) is 0 Å². The van der Waals surface area contributed by atoms with Crippen molar-refractivity contribution in [2.24, 2.45) is 5.92 Å². The molecule has 0 spiro atoms. The van der Waals surface area contributed by atoms with Crippen molar-refractivity contribution in [1.29, 1.82) is 0 Å². The number of amides is 2. The highest BCUT2D eigenvalue weighted by molar-refractivity contribution is 7.20. The zero-order valence-corrected chi connectivity index (χ0v) is 18.4. The molecule has 1 aliphatic carbocycles. The van der Waals surface area contributed by atoms with Crippen LogP contribution in [0.25, 0.3) is 10.2 Å². The monoisotopic (exact) mass is 416 g/mol. The van der Waals surface area contributed by atoms with Crippen molar-refractivity contribution in [3.63, 3.8) is 0 Å². The fourth-order valence-electron chi connectivity index (χ4n) is 4.54. The number of carbonyl (C=O) groups excluding carboxylic acids is 2. The van der Waals surface area contributed by atoms with E-state index in [0.29, 0.717) is 29.8 Å². The molecule has 1 saturated carbocycles. The van der Waals surface area contributed by atoms with Crippen LogP contribution in [0, 0.1) is 12.8 Å². The van der Waals surface area contributed by atoms with Gasteiger partial charge in [0, 0.05) is 31.4 Å². The minimum atomic E-state index is -0.0825. The molecule has 0 bridgehead atoms. The summed E-state index contributed by atoms with van der Waals surface area (Å²) < 4.78 is 2.16. The van der Waals surface area contributed by atoms with E-state index in [2.05, 4.69) is 16.9 Å². The maximum atomic E-state index is 12.7. The third-order valence-corrected chi connectivity index (χ3v) is 7.60. The lowest BCUT2D eigenvalue weighted by atomic mass is 9.96. The molecular formula is C22H32N4O2S. The Balaban J connectivity index is 1.35. The molecule has 29 heavy (non-hydrogen) atoms. The smallest absolute Gasteiger partial charge is 0.261 e. The van der Waals surface area contributed by atoms with E-state index in [4.69, 9.17) is 5.10 Å². The first-order valence-electron chi connectivity index (χ1n) is 11.1. The Labute approximate surface area is 176 Å². The second-order valence-electron chi connectivity index (χ2n) is 8.72. The summed E-state index contributed by atoms with van der Waals surface area (Å²) in [5.74, 6) is 0.776. The average molecular weight is 417 g/mol. The Morgan fingerprint density at radius 2 is 1.90 bits per heavy atom. The van der Waals surface area contributed by atoms with E-state index < -0.39 is 0 Å². The van der Waals surface area contributed by atoms with Gasteiger partial charge in [0.2, 0.25) is 5.91 Å². The second kappa shape index (κ2) is 8.86. The summed E-state index contributed by atoms with van der Waals surface area (Å²) in [7, 11) is 0. The van der Waals surface area contributed by atoms with Gasteiger partial charge in [-0.25, -0.2) is 0 Å². The first kappa shape index (κ1) is 20.4. The van der Waals surface area contributed by atoms with Crippen molar-refractivity contribution in [3.8, 4) is 0 Å². The maximum Gasteiger partial charge on any atom is 0.261 e. The van der Waals surface area contributed by atoms with Gasteiger partial charge in [-0.3, -0.25) is 14.3 Å². The molecule has 0 aromatic carbocycles. The molecule has 2 aliphatic rings. The van der Waals surface area contributed by atoms with Gasteiger partial charge in [0.1, 0.15) is 4.83 Å². The molecule has 3 heterocycles. The summed E-state index contributed by atoms with van der Waals surface area (Å²) in [6.45, 7) is 6.35. The number of aromatic nitrogens is 2.